The lowest BCUT2D eigenvalue weighted by Gasteiger charge is -2.11. The van der Waals surface area contributed by atoms with Gasteiger partial charge in [-0.05, 0) is 49.6 Å². The van der Waals surface area contributed by atoms with Gasteiger partial charge in [-0.25, -0.2) is 0 Å². The van der Waals surface area contributed by atoms with Gasteiger partial charge in [0.25, 0.3) is 5.91 Å². The first-order chi connectivity index (χ1) is 11.1. The summed E-state index contributed by atoms with van der Waals surface area (Å²) in [6.07, 6.45) is 0. The molecule has 0 aromatic heterocycles. The van der Waals surface area contributed by atoms with Gasteiger partial charge in [0.2, 0.25) is 0 Å². The van der Waals surface area contributed by atoms with Crippen molar-refractivity contribution in [1.82, 2.24) is 5.32 Å². The van der Waals surface area contributed by atoms with Crippen LogP contribution in [0.5, 0.6) is 11.5 Å². The molecule has 0 radical (unpaired) electrons. The lowest BCUT2D eigenvalue weighted by molar-refractivity contribution is -0.123. The topological polar surface area (TPSA) is 47.6 Å². The van der Waals surface area contributed by atoms with Crippen molar-refractivity contribution in [2.45, 2.75) is 20.8 Å². The molecule has 0 aliphatic rings. The molecule has 2 aromatic carbocycles. The van der Waals surface area contributed by atoms with E-state index in [2.05, 4.69) is 5.32 Å². The van der Waals surface area contributed by atoms with Crippen molar-refractivity contribution in [3.8, 4) is 11.5 Å². The maximum Gasteiger partial charge on any atom is 0.258 e. The minimum atomic E-state index is -0.153. The normalized spacial score (nSPS) is 10.2. The number of benzene rings is 2. The largest absolute Gasteiger partial charge is 0.491 e. The third-order valence-electron chi connectivity index (χ3n) is 3.48. The summed E-state index contributed by atoms with van der Waals surface area (Å²) in [6, 6.07) is 13.7. The first kappa shape index (κ1) is 16.9. The Morgan fingerprint density at radius 1 is 0.957 bits per heavy atom. The van der Waals surface area contributed by atoms with Crippen LogP contribution in [-0.2, 0) is 4.79 Å². The molecule has 4 nitrogen and oxygen atoms in total. The molecule has 0 spiro atoms. The fourth-order valence-corrected chi connectivity index (χ4v) is 2.13. The lowest BCUT2D eigenvalue weighted by Crippen LogP contribution is -2.32. The summed E-state index contributed by atoms with van der Waals surface area (Å²) < 4.78 is 11.2. The van der Waals surface area contributed by atoms with Crippen molar-refractivity contribution < 1.29 is 14.3 Å². The fraction of sp³-hybridized carbons (Fsp3) is 0.316. The van der Waals surface area contributed by atoms with Crippen LogP contribution in [0.4, 0.5) is 0 Å². The molecule has 2 rings (SSSR count). The Morgan fingerprint density at radius 3 is 2.48 bits per heavy atom. The molecule has 23 heavy (non-hydrogen) atoms. The minimum Gasteiger partial charge on any atom is -0.491 e. The van der Waals surface area contributed by atoms with E-state index in [-0.39, 0.29) is 12.5 Å². The van der Waals surface area contributed by atoms with Gasteiger partial charge in [-0.1, -0.05) is 30.3 Å². The molecular formula is C19H23NO3. The Balaban J connectivity index is 1.69. The number of ether oxygens (including phenoxy) is 2. The second-order valence-corrected chi connectivity index (χ2v) is 5.52. The lowest BCUT2D eigenvalue weighted by atomic mass is 10.1. The zero-order valence-electron chi connectivity index (χ0n) is 13.9. The van der Waals surface area contributed by atoms with Gasteiger partial charge in [-0.2, -0.15) is 0 Å². The number of aryl methyl sites for hydroxylation is 3. The maximum absolute atomic E-state index is 11.8. The highest BCUT2D eigenvalue weighted by Crippen LogP contribution is 2.18. The predicted molar refractivity (Wildman–Crippen MR) is 91.1 cm³/mol. The molecule has 122 valence electrons. The van der Waals surface area contributed by atoms with Gasteiger partial charge in [-0.3, -0.25) is 4.79 Å². The monoisotopic (exact) mass is 313 g/mol. The molecule has 0 saturated heterocycles. The van der Waals surface area contributed by atoms with Crippen LogP contribution >= 0.6 is 0 Å². The van der Waals surface area contributed by atoms with Gasteiger partial charge < -0.3 is 14.8 Å². The summed E-state index contributed by atoms with van der Waals surface area (Å²) in [5, 5.41) is 2.79. The summed E-state index contributed by atoms with van der Waals surface area (Å²) in [7, 11) is 0. The van der Waals surface area contributed by atoms with Gasteiger partial charge in [0.15, 0.2) is 6.61 Å². The average molecular weight is 313 g/mol. The van der Waals surface area contributed by atoms with Crippen LogP contribution in [0, 0.1) is 20.8 Å². The van der Waals surface area contributed by atoms with Crippen molar-refractivity contribution in [3.63, 3.8) is 0 Å². The highest BCUT2D eigenvalue weighted by molar-refractivity contribution is 5.77. The van der Waals surface area contributed by atoms with Crippen LogP contribution in [0.25, 0.3) is 0 Å². The van der Waals surface area contributed by atoms with Gasteiger partial charge in [0.05, 0.1) is 6.54 Å². The predicted octanol–water partition coefficient (Wildman–Crippen LogP) is 3.19. The quantitative estimate of drug-likeness (QED) is 0.799. The number of hydrogen-bond donors (Lipinski definition) is 1. The van der Waals surface area contributed by atoms with Crippen LogP contribution in [0.3, 0.4) is 0 Å². The average Bonchev–Trinajstić information content (AvgIpc) is 2.54. The Hall–Kier alpha value is -2.49. The molecule has 0 heterocycles. The fourth-order valence-electron chi connectivity index (χ4n) is 2.13. The second kappa shape index (κ2) is 8.22. The summed E-state index contributed by atoms with van der Waals surface area (Å²) in [5.74, 6) is 1.43. The number of rotatable bonds is 7. The van der Waals surface area contributed by atoms with Gasteiger partial charge in [0.1, 0.15) is 18.1 Å². The van der Waals surface area contributed by atoms with E-state index in [1.807, 2.05) is 63.2 Å². The minimum absolute atomic E-state index is 0.00859. The molecule has 0 aliphatic heterocycles. The summed E-state index contributed by atoms with van der Waals surface area (Å²) in [6.45, 7) is 6.84. The molecule has 0 saturated carbocycles. The van der Waals surface area contributed by atoms with Crippen molar-refractivity contribution in [1.29, 1.82) is 0 Å². The van der Waals surface area contributed by atoms with Crippen LogP contribution in [0.1, 0.15) is 16.7 Å². The van der Waals surface area contributed by atoms with E-state index >= 15 is 0 Å². The number of nitrogens with one attached hydrogen (secondary N) is 1. The van der Waals surface area contributed by atoms with E-state index in [0.717, 1.165) is 28.2 Å². The Labute approximate surface area is 137 Å². The molecular weight excluding hydrogens is 290 g/mol. The molecule has 4 heteroatoms. The number of amides is 1. The van der Waals surface area contributed by atoms with Gasteiger partial charge >= 0.3 is 0 Å². The van der Waals surface area contributed by atoms with Gasteiger partial charge in [0, 0.05) is 0 Å². The number of carbonyl (C=O) groups excluding carboxylic acids is 1. The molecule has 1 N–H and O–H groups in total. The summed E-state index contributed by atoms with van der Waals surface area (Å²) >= 11 is 0. The van der Waals surface area contributed by atoms with Crippen molar-refractivity contribution >= 4 is 5.91 Å². The second-order valence-electron chi connectivity index (χ2n) is 5.52. The Morgan fingerprint density at radius 2 is 1.70 bits per heavy atom. The zero-order valence-corrected chi connectivity index (χ0v) is 13.9. The first-order valence-corrected chi connectivity index (χ1v) is 7.71. The van der Waals surface area contributed by atoms with E-state index in [4.69, 9.17) is 9.47 Å². The first-order valence-electron chi connectivity index (χ1n) is 7.71. The summed E-state index contributed by atoms with van der Waals surface area (Å²) in [5.41, 5.74) is 3.21. The molecule has 0 fully saturated rings. The van der Waals surface area contributed by atoms with Crippen molar-refractivity contribution in [2.75, 3.05) is 19.8 Å². The molecule has 1 amide bonds. The van der Waals surface area contributed by atoms with E-state index in [1.54, 1.807) is 0 Å². The van der Waals surface area contributed by atoms with E-state index < -0.39 is 0 Å². The van der Waals surface area contributed by atoms with E-state index in [0.29, 0.717) is 13.2 Å². The van der Waals surface area contributed by atoms with Crippen molar-refractivity contribution in [2.24, 2.45) is 0 Å². The van der Waals surface area contributed by atoms with Crippen LogP contribution in [-0.4, -0.2) is 25.7 Å². The Bertz CT molecular complexity index is 667. The smallest absolute Gasteiger partial charge is 0.258 e. The SMILES string of the molecule is Cc1ccc(C)c(OCC(=O)NCCOc2ccccc2C)c1. The van der Waals surface area contributed by atoms with Crippen LogP contribution < -0.4 is 14.8 Å². The molecule has 0 bridgehead atoms. The number of hydrogen-bond acceptors (Lipinski definition) is 3. The third kappa shape index (κ3) is 5.33. The molecule has 0 unspecified atom stereocenters. The standard InChI is InChI=1S/C19H23NO3/c1-14-8-9-16(3)18(12-14)23-13-19(21)20-10-11-22-17-7-5-4-6-15(17)2/h4-9,12H,10-11,13H2,1-3H3,(H,20,21). The maximum atomic E-state index is 11.8. The number of para-hydroxylation sites is 1. The molecule has 0 aliphatic carbocycles. The number of carbonyl (C=O) groups is 1. The van der Waals surface area contributed by atoms with Gasteiger partial charge in [-0.15, -0.1) is 0 Å². The van der Waals surface area contributed by atoms with Crippen molar-refractivity contribution in [3.05, 3.63) is 59.2 Å². The van der Waals surface area contributed by atoms with E-state index in [1.165, 1.54) is 0 Å². The Kier molecular flexibility index (Phi) is 6.03. The van der Waals surface area contributed by atoms with Crippen LogP contribution in [0.15, 0.2) is 42.5 Å². The zero-order chi connectivity index (χ0) is 16.7. The summed E-state index contributed by atoms with van der Waals surface area (Å²) in [4.78, 5) is 11.8. The highest BCUT2D eigenvalue weighted by atomic mass is 16.5. The molecule has 2 aromatic rings. The highest BCUT2D eigenvalue weighted by Gasteiger charge is 2.05. The molecule has 0 atom stereocenters. The van der Waals surface area contributed by atoms with E-state index in [9.17, 15) is 4.79 Å². The third-order valence-corrected chi connectivity index (χ3v) is 3.48. The van der Waals surface area contributed by atoms with Crippen LogP contribution in [0.2, 0.25) is 0 Å².